The largest absolute Gasteiger partial charge is 0.412 e. The fourth-order valence-electron chi connectivity index (χ4n) is 4.00. The standard InChI is InChI=1S/C22H29F2N5O4S2Si/c1-35(31,32)28-8-5-15(6-9-28)26-22-25-12-14-11-16(19(23)24)21(30)29(20(14)27-22)17-7-10-34-18(17)13-33-36(2,3)4/h7,10-12,15,19H,5-6,8-9,13H2,1-4H3,(H,25,26,27). The van der Waals surface area contributed by atoms with Gasteiger partial charge in [0.05, 0.1) is 29.0 Å². The van der Waals surface area contributed by atoms with E-state index in [-0.39, 0.29) is 24.2 Å². The average Bonchev–Trinajstić information content (AvgIpc) is 3.24. The molecule has 196 valence electrons. The highest BCUT2D eigenvalue weighted by Gasteiger charge is 2.26. The topological polar surface area (TPSA) is 106 Å². The Bertz CT molecular complexity index is 1410. The van der Waals surface area contributed by atoms with Crippen LogP contribution in [0.5, 0.6) is 0 Å². The van der Waals surface area contributed by atoms with Crippen molar-refractivity contribution < 1.29 is 21.6 Å². The number of thiophene rings is 1. The second-order valence-electron chi connectivity index (χ2n) is 9.72. The average molecular weight is 558 g/mol. The second kappa shape index (κ2) is 10.2. The molecule has 36 heavy (non-hydrogen) atoms. The van der Waals surface area contributed by atoms with E-state index >= 15 is 0 Å². The number of pyridine rings is 1. The summed E-state index contributed by atoms with van der Waals surface area (Å²) in [5.74, 6) is 0.244. The number of nitrogens with zero attached hydrogens (tertiary/aromatic N) is 4. The molecular weight excluding hydrogens is 528 g/mol. The number of fused-ring (bicyclic) bond motifs is 1. The SMILES string of the molecule is C[Si](C)(C)OCc1sccc1-n1c(=O)c(C(F)F)cc2cnc(NC3CCN(S(C)(=O)=O)CC3)nc21. The van der Waals surface area contributed by atoms with Crippen LogP contribution in [0.15, 0.2) is 28.5 Å². The van der Waals surface area contributed by atoms with Gasteiger partial charge in [-0.15, -0.1) is 11.3 Å². The Balaban J connectivity index is 1.72. The molecule has 4 heterocycles. The molecule has 1 saturated heterocycles. The van der Waals surface area contributed by atoms with Crippen molar-refractivity contribution in [2.75, 3.05) is 24.7 Å². The Hall–Kier alpha value is -2.26. The summed E-state index contributed by atoms with van der Waals surface area (Å²) in [4.78, 5) is 22.8. The number of alkyl halides is 2. The van der Waals surface area contributed by atoms with Crippen LogP contribution in [0.1, 0.15) is 29.7 Å². The van der Waals surface area contributed by atoms with Gasteiger partial charge in [-0.3, -0.25) is 9.36 Å². The van der Waals surface area contributed by atoms with E-state index in [1.807, 2.05) is 19.6 Å². The molecule has 0 bridgehead atoms. The molecule has 4 rings (SSSR count). The van der Waals surface area contributed by atoms with Crippen LogP contribution in [0.3, 0.4) is 0 Å². The normalized spacial score (nSPS) is 16.2. The van der Waals surface area contributed by atoms with Gasteiger partial charge >= 0.3 is 0 Å². The van der Waals surface area contributed by atoms with Gasteiger partial charge in [-0.1, -0.05) is 0 Å². The van der Waals surface area contributed by atoms with Gasteiger partial charge in [0.15, 0.2) is 14.0 Å². The maximum Gasteiger partial charge on any atom is 0.269 e. The highest BCUT2D eigenvalue weighted by molar-refractivity contribution is 7.88. The summed E-state index contributed by atoms with van der Waals surface area (Å²) < 4.78 is 59.7. The molecule has 0 aliphatic carbocycles. The van der Waals surface area contributed by atoms with Crippen molar-refractivity contribution in [1.82, 2.24) is 18.8 Å². The minimum absolute atomic E-state index is 0.0668. The molecule has 0 aromatic carbocycles. The number of rotatable bonds is 8. The summed E-state index contributed by atoms with van der Waals surface area (Å²) in [6, 6.07) is 2.78. The summed E-state index contributed by atoms with van der Waals surface area (Å²) in [5, 5.41) is 5.31. The second-order valence-corrected chi connectivity index (χ2v) is 17.2. The summed E-state index contributed by atoms with van der Waals surface area (Å²) in [7, 11) is -5.11. The van der Waals surface area contributed by atoms with Crippen molar-refractivity contribution in [2.45, 2.75) is 51.6 Å². The van der Waals surface area contributed by atoms with Gasteiger partial charge in [-0.2, -0.15) is 4.98 Å². The number of sulfonamides is 1. The van der Waals surface area contributed by atoms with Gasteiger partial charge in [0.1, 0.15) is 0 Å². The predicted molar refractivity (Wildman–Crippen MR) is 139 cm³/mol. The third-order valence-electron chi connectivity index (χ3n) is 5.86. The van der Waals surface area contributed by atoms with Crippen LogP contribution < -0.4 is 10.9 Å². The molecular formula is C22H29F2N5O4S2Si. The Morgan fingerprint density at radius 2 is 1.97 bits per heavy atom. The van der Waals surface area contributed by atoms with Gasteiger partial charge in [0.25, 0.3) is 12.0 Å². The van der Waals surface area contributed by atoms with E-state index in [1.165, 1.54) is 32.7 Å². The number of nitrogens with one attached hydrogen (secondary N) is 1. The zero-order valence-corrected chi connectivity index (χ0v) is 23.1. The summed E-state index contributed by atoms with van der Waals surface area (Å²) in [6.07, 6.45) is 0.782. The lowest BCUT2D eigenvalue weighted by atomic mass is 10.1. The highest BCUT2D eigenvalue weighted by Crippen LogP contribution is 2.28. The quantitative estimate of drug-likeness (QED) is 0.418. The number of hydrogen-bond acceptors (Lipinski definition) is 8. The van der Waals surface area contributed by atoms with Crippen molar-refractivity contribution in [3.63, 3.8) is 0 Å². The third-order valence-corrected chi connectivity index (χ3v) is 9.06. The Morgan fingerprint density at radius 3 is 2.58 bits per heavy atom. The van der Waals surface area contributed by atoms with Crippen molar-refractivity contribution in [2.24, 2.45) is 0 Å². The highest BCUT2D eigenvalue weighted by atomic mass is 32.2. The van der Waals surface area contributed by atoms with Crippen LogP contribution >= 0.6 is 11.3 Å². The first-order valence-electron chi connectivity index (χ1n) is 11.5. The summed E-state index contributed by atoms with van der Waals surface area (Å²) >= 11 is 1.39. The molecule has 1 fully saturated rings. The minimum atomic E-state index is -3.25. The molecule has 0 saturated carbocycles. The first kappa shape index (κ1) is 26.8. The Morgan fingerprint density at radius 1 is 1.28 bits per heavy atom. The number of halogens is 2. The number of anilines is 1. The molecule has 1 aliphatic rings. The molecule has 1 aliphatic heterocycles. The molecule has 0 atom stereocenters. The monoisotopic (exact) mass is 557 g/mol. The smallest absolute Gasteiger partial charge is 0.269 e. The molecule has 1 N–H and O–H groups in total. The van der Waals surface area contributed by atoms with E-state index in [0.717, 1.165) is 10.9 Å². The van der Waals surface area contributed by atoms with Gasteiger partial charge < -0.3 is 9.74 Å². The van der Waals surface area contributed by atoms with Crippen LogP contribution in [-0.2, 0) is 21.1 Å². The van der Waals surface area contributed by atoms with Crippen LogP contribution in [0, 0.1) is 0 Å². The fourth-order valence-corrected chi connectivity index (χ4v) is 6.33. The van der Waals surface area contributed by atoms with E-state index in [0.29, 0.717) is 37.0 Å². The number of hydrogen-bond donors (Lipinski definition) is 1. The molecule has 0 spiro atoms. The van der Waals surface area contributed by atoms with Crippen LogP contribution in [-0.4, -0.2) is 61.0 Å². The predicted octanol–water partition coefficient (Wildman–Crippen LogP) is 3.97. The van der Waals surface area contributed by atoms with Crippen molar-refractivity contribution in [1.29, 1.82) is 0 Å². The lowest BCUT2D eigenvalue weighted by Crippen LogP contribution is -2.42. The molecule has 0 unspecified atom stereocenters. The van der Waals surface area contributed by atoms with E-state index in [9.17, 15) is 22.0 Å². The molecule has 3 aromatic rings. The van der Waals surface area contributed by atoms with E-state index in [2.05, 4.69) is 15.3 Å². The first-order chi connectivity index (χ1) is 16.8. The lowest BCUT2D eigenvalue weighted by Gasteiger charge is -2.30. The Kier molecular flexibility index (Phi) is 7.62. The van der Waals surface area contributed by atoms with E-state index < -0.39 is 35.9 Å². The number of piperidine rings is 1. The minimum Gasteiger partial charge on any atom is -0.412 e. The van der Waals surface area contributed by atoms with Gasteiger partial charge in [-0.05, 0) is 50.0 Å². The Labute approximate surface area is 213 Å². The van der Waals surface area contributed by atoms with Crippen molar-refractivity contribution in [3.8, 4) is 5.69 Å². The molecule has 0 amide bonds. The van der Waals surface area contributed by atoms with E-state index in [4.69, 9.17) is 4.43 Å². The zero-order chi connectivity index (χ0) is 26.3. The van der Waals surface area contributed by atoms with Gasteiger partial charge in [0, 0.05) is 30.7 Å². The molecule has 9 nitrogen and oxygen atoms in total. The lowest BCUT2D eigenvalue weighted by molar-refractivity contribution is 0.149. The van der Waals surface area contributed by atoms with Crippen LogP contribution in [0.25, 0.3) is 16.7 Å². The summed E-state index contributed by atoms with van der Waals surface area (Å²) in [5.41, 5.74) is -0.788. The zero-order valence-electron chi connectivity index (χ0n) is 20.5. The summed E-state index contributed by atoms with van der Waals surface area (Å²) in [6.45, 7) is 7.16. The van der Waals surface area contributed by atoms with Crippen molar-refractivity contribution in [3.05, 3.63) is 44.5 Å². The fraction of sp³-hybridized carbons (Fsp3) is 0.500. The first-order valence-corrected chi connectivity index (χ1v) is 17.6. The molecule has 3 aromatic heterocycles. The number of aromatic nitrogens is 3. The molecule has 0 radical (unpaired) electrons. The van der Waals surface area contributed by atoms with Crippen LogP contribution in [0.2, 0.25) is 19.6 Å². The van der Waals surface area contributed by atoms with Crippen molar-refractivity contribution >= 4 is 46.7 Å². The van der Waals surface area contributed by atoms with Gasteiger partial charge in [-0.25, -0.2) is 26.5 Å². The third kappa shape index (κ3) is 5.99. The maximum atomic E-state index is 13.8. The maximum absolute atomic E-state index is 13.8. The van der Waals surface area contributed by atoms with E-state index in [1.54, 1.807) is 11.4 Å². The van der Waals surface area contributed by atoms with Gasteiger partial charge in [0.2, 0.25) is 16.0 Å². The van der Waals surface area contributed by atoms with Crippen LogP contribution in [0.4, 0.5) is 14.7 Å². The molecule has 14 heteroatoms.